The predicted molar refractivity (Wildman–Crippen MR) is 76.3 cm³/mol. The highest BCUT2D eigenvalue weighted by Crippen LogP contribution is 2.11. The van der Waals surface area contributed by atoms with Crippen molar-refractivity contribution < 1.29 is 19.3 Å². The highest BCUT2D eigenvalue weighted by molar-refractivity contribution is 5.22. The average molecular weight is 285 g/mol. The van der Waals surface area contributed by atoms with Gasteiger partial charge in [-0.25, -0.2) is 4.39 Å². The van der Waals surface area contributed by atoms with Gasteiger partial charge in [0, 0.05) is 13.2 Å². The fourth-order valence-electron chi connectivity index (χ4n) is 1.72. The molecule has 0 amide bonds. The molecule has 0 radical (unpaired) electrons. The molecule has 0 aliphatic carbocycles. The van der Waals surface area contributed by atoms with Crippen molar-refractivity contribution in [3.05, 3.63) is 30.1 Å². The van der Waals surface area contributed by atoms with Gasteiger partial charge < -0.3 is 20.3 Å². The lowest BCUT2D eigenvalue weighted by atomic mass is 10.1. The summed E-state index contributed by atoms with van der Waals surface area (Å²) in [6.07, 6.45) is 1.33. The van der Waals surface area contributed by atoms with Crippen molar-refractivity contribution in [2.24, 2.45) is 5.92 Å². The molecule has 0 saturated carbocycles. The summed E-state index contributed by atoms with van der Waals surface area (Å²) < 4.78 is 18.0. The van der Waals surface area contributed by atoms with Gasteiger partial charge in [0.05, 0.1) is 0 Å². The molecule has 0 bridgehead atoms. The number of rotatable bonds is 10. The molecule has 2 atom stereocenters. The Bertz CT molecular complexity index is 359. The molecular weight excluding hydrogens is 261 g/mol. The van der Waals surface area contributed by atoms with Crippen molar-refractivity contribution >= 4 is 0 Å². The molecule has 4 nitrogen and oxygen atoms in total. The number of halogens is 1. The maximum Gasteiger partial charge on any atom is 0.123 e. The van der Waals surface area contributed by atoms with E-state index in [1.54, 1.807) is 0 Å². The van der Waals surface area contributed by atoms with Crippen LogP contribution in [0.1, 0.15) is 19.8 Å². The first-order valence-electron chi connectivity index (χ1n) is 7.00. The number of hydrogen-bond acceptors (Lipinski definition) is 4. The van der Waals surface area contributed by atoms with E-state index in [-0.39, 0.29) is 19.0 Å². The van der Waals surface area contributed by atoms with E-state index in [1.165, 1.54) is 24.3 Å². The van der Waals surface area contributed by atoms with Crippen molar-refractivity contribution in [3.8, 4) is 5.75 Å². The lowest BCUT2D eigenvalue weighted by Gasteiger charge is -2.14. The summed E-state index contributed by atoms with van der Waals surface area (Å²) in [4.78, 5) is 0. The Balaban J connectivity index is 2.05. The van der Waals surface area contributed by atoms with Crippen LogP contribution >= 0.6 is 0 Å². The maximum atomic E-state index is 12.7. The number of benzene rings is 1. The fourth-order valence-corrected chi connectivity index (χ4v) is 1.72. The molecular formula is C15H24FNO3. The average Bonchev–Trinajstić information content (AvgIpc) is 2.46. The molecule has 1 aromatic rings. The van der Waals surface area contributed by atoms with E-state index in [0.29, 0.717) is 18.2 Å². The highest BCUT2D eigenvalue weighted by Gasteiger charge is 2.05. The summed E-state index contributed by atoms with van der Waals surface area (Å²) in [5, 5.41) is 21.7. The molecule has 0 fully saturated rings. The summed E-state index contributed by atoms with van der Waals surface area (Å²) in [6.45, 7) is 3.65. The van der Waals surface area contributed by atoms with Crippen LogP contribution < -0.4 is 10.1 Å². The molecule has 1 aromatic carbocycles. The second-order valence-electron chi connectivity index (χ2n) is 5.05. The lowest BCUT2D eigenvalue weighted by molar-refractivity contribution is 0.106. The van der Waals surface area contributed by atoms with E-state index in [1.807, 2.05) is 6.92 Å². The minimum Gasteiger partial charge on any atom is -0.491 e. The normalized spacial score (nSPS) is 14.0. The number of aliphatic hydroxyl groups excluding tert-OH is 2. The minimum absolute atomic E-state index is 0.172. The quantitative estimate of drug-likeness (QED) is 0.571. The first-order chi connectivity index (χ1) is 9.61. The van der Waals surface area contributed by atoms with Gasteiger partial charge in [-0.2, -0.15) is 0 Å². The van der Waals surface area contributed by atoms with Crippen LogP contribution in [0.2, 0.25) is 0 Å². The molecule has 114 valence electrons. The minimum atomic E-state index is -0.602. The van der Waals surface area contributed by atoms with Gasteiger partial charge in [-0.3, -0.25) is 0 Å². The van der Waals surface area contributed by atoms with E-state index in [0.717, 1.165) is 19.4 Å². The predicted octanol–water partition coefficient (Wildman–Crippen LogP) is 1.56. The molecule has 20 heavy (non-hydrogen) atoms. The SMILES string of the molecule is CC(CO)CCCNCC(O)COc1ccc(F)cc1. The van der Waals surface area contributed by atoms with Gasteiger partial charge in [0.15, 0.2) is 0 Å². The third kappa shape index (κ3) is 7.43. The first-order valence-corrected chi connectivity index (χ1v) is 7.00. The Morgan fingerprint density at radius 1 is 1.30 bits per heavy atom. The number of nitrogens with one attached hydrogen (secondary N) is 1. The Labute approximate surface area is 119 Å². The summed E-state index contributed by atoms with van der Waals surface area (Å²) in [5.41, 5.74) is 0. The molecule has 3 N–H and O–H groups in total. The van der Waals surface area contributed by atoms with Crippen LogP contribution in [0.4, 0.5) is 4.39 Å². The zero-order chi connectivity index (χ0) is 14.8. The number of aliphatic hydroxyl groups is 2. The highest BCUT2D eigenvalue weighted by atomic mass is 19.1. The summed E-state index contributed by atoms with van der Waals surface area (Å²) in [5.74, 6) is 0.558. The Morgan fingerprint density at radius 3 is 2.65 bits per heavy atom. The van der Waals surface area contributed by atoms with Crippen LogP contribution in [0.5, 0.6) is 5.75 Å². The molecule has 0 spiro atoms. The number of ether oxygens (including phenoxy) is 1. The van der Waals surface area contributed by atoms with Crippen LogP contribution in [0.15, 0.2) is 24.3 Å². The van der Waals surface area contributed by atoms with Gasteiger partial charge >= 0.3 is 0 Å². The molecule has 0 aliphatic heterocycles. The molecule has 5 heteroatoms. The van der Waals surface area contributed by atoms with Gasteiger partial charge in [-0.1, -0.05) is 6.92 Å². The van der Waals surface area contributed by atoms with Gasteiger partial charge in [-0.15, -0.1) is 0 Å². The smallest absolute Gasteiger partial charge is 0.123 e. The summed E-state index contributed by atoms with van der Waals surface area (Å²) in [6, 6.07) is 5.71. The van der Waals surface area contributed by atoms with E-state index >= 15 is 0 Å². The van der Waals surface area contributed by atoms with Gasteiger partial charge in [0.1, 0.15) is 24.3 Å². The fraction of sp³-hybridized carbons (Fsp3) is 0.600. The standard InChI is InChI=1S/C15H24FNO3/c1-12(10-18)3-2-8-17-9-14(19)11-20-15-6-4-13(16)5-7-15/h4-7,12,14,17-19H,2-3,8-11H2,1H3. The monoisotopic (exact) mass is 285 g/mol. The Hall–Kier alpha value is -1.17. The van der Waals surface area contributed by atoms with Gasteiger partial charge in [-0.05, 0) is 49.6 Å². The van der Waals surface area contributed by atoms with Crippen LogP contribution in [0.25, 0.3) is 0 Å². The topological polar surface area (TPSA) is 61.7 Å². The molecule has 1 rings (SSSR count). The second kappa shape index (κ2) is 9.69. The van der Waals surface area contributed by atoms with Gasteiger partial charge in [0.25, 0.3) is 0 Å². The van der Waals surface area contributed by atoms with E-state index < -0.39 is 6.10 Å². The number of hydrogen-bond donors (Lipinski definition) is 3. The molecule has 0 aliphatic rings. The maximum absolute atomic E-state index is 12.7. The van der Waals surface area contributed by atoms with Crippen LogP contribution in [-0.2, 0) is 0 Å². The van der Waals surface area contributed by atoms with Crippen molar-refractivity contribution in [3.63, 3.8) is 0 Å². The zero-order valence-electron chi connectivity index (χ0n) is 11.9. The second-order valence-corrected chi connectivity index (χ2v) is 5.05. The third-order valence-electron chi connectivity index (χ3n) is 3.00. The van der Waals surface area contributed by atoms with Crippen molar-refractivity contribution in [2.75, 3.05) is 26.3 Å². The van der Waals surface area contributed by atoms with E-state index in [4.69, 9.17) is 9.84 Å². The zero-order valence-corrected chi connectivity index (χ0v) is 11.9. The molecule has 0 aromatic heterocycles. The molecule has 0 heterocycles. The van der Waals surface area contributed by atoms with Crippen LogP contribution in [-0.4, -0.2) is 42.6 Å². The van der Waals surface area contributed by atoms with E-state index in [9.17, 15) is 9.50 Å². The lowest BCUT2D eigenvalue weighted by Crippen LogP contribution is -2.32. The van der Waals surface area contributed by atoms with Gasteiger partial charge in [0.2, 0.25) is 0 Å². The summed E-state index contributed by atoms with van der Waals surface area (Å²) >= 11 is 0. The third-order valence-corrected chi connectivity index (χ3v) is 3.00. The first kappa shape index (κ1) is 16.9. The Morgan fingerprint density at radius 2 is 2.00 bits per heavy atom. The van der Waals surface area contributed by atoms with Crippen molar-refractivity contribution in [1.29, 1.82) is 0 Å². The molecule has 0 saturated heterocycles. The van der Waals surface area contributed by atoms with Crippen molar-refractivity contribution in [2.45, 2.75) is 25.9 Å². The summed E-state index contributed by atoms with van der Waals surface area (Å²) in [7, 11) is 0. The molecule has 2 unspecified atom stereocenters. The van der Waals surface area contributed by atoms with E-state index in [2.05, 4.69) is 5.32 Å². The Kier molecular flexibility index (Phi) is 8.18. The van der Waals surface area contributed by atoms with Crippen LogP contribution in [0.3, 0.4) is 0 Å². The van der Waals surface area contributed by atoms with Crippen molar-refractivity contribution in [1.82, 2.24) is 5.32 Å². The largest absolute Gasteiger partial charge is 0.491 e. The van der Waals surface area contributed by atoms with Crippen LogP contribution in [0, 0.1) is 11.7 Å².